The van der Waals surface area contributed by atoms with Crippen LogP contribution in [0.4, 0.5) is 0 Å². The molecule has 6 nitrogen and oxygen atoms in total. The third kappa shape index (κ3) is 3.04. The fourth-order valence-corrected chi connectivity index (χ4v) is 1.55. The second-order valence-electron chi connectivity index (χ2n) is 3.78. The molecule has 0 radical (unpaired) electrons. The largest absolute Gasteiger partial charge is 0.494 e. The van der Waals surface area contributed by atoms with E-state index in [0.717, 1.165) is 30.2 Å². The number of nitrogens with zero attached hydrogens (tertiary/aromatic N) is 4. The van der Waals surface area contributed by atoms with Gasteiger partial charge in [-0.15, -0.1) is 15.0 Å². The predicted molar refractivity (Wildman–Crippen MR) is 68.0 cm³/mol. The molecular weight excluding hydrogens is 230 g/mol. The number of tetrazole rings is 1. The Bertz CT molecular complexity index is 497. The van der Waals surface area contributed by atoms with Gasteiger partial charge in [0.2, 0.25) is 0 Å². The Morgan fingerprint density at radius 3 is 3.06 bits per heavy atom. The molecule has 2 aromatic rings. The van der Waals surface area contributed by atoms with E-state index < -0.39 is 0 Å². The number of nitrogens with one attached hydrogen (secondary N) is 1. The first-order valence-corrected chi connectivity index (χ1v) is 6.00. The minimum atomic E-state index is 0.641. The smallest absolute Gasteiger partial charge is 0.176 e. The molecule has 1 aromatic carbocycles. The van der Waals surface area contributed by atoms with Crippen LogP contribution < -0.4 is 10.1 Å². The van der Waals surface area contributed by atoms with Crippen molar-refractivity contribution in [2.45, 2.75) is 13.3 Å². The lowest BCUT2D eigenvalue weighted by molar-refractivity contribution is 0.340. The van der Waals surface area contributed by atoms with E-state index >= 15 is 0 Å². The number of benzene rings is 1. The van der Waals surface area contributed by atoms with E-state index in [1.165, 1.54) is 4.80 Å². The van der Waals surface area contributed by atoms with Crippen molar-refractivity contribution < 1.29 is 4.74 Å². The van der Waals surface area contributed by atoms with Crippen molar-refractivity contribution in [2.75, 3.05) is 20.2 Å². The first kappa shape index (κ1) is 12.5. The maximum Gasteiger partial charge on any atom is 0.176 e. The van der Waals surface area contributed by atoms with Crippen molar-refractivity contribution in [1.29, 1.82) is 0 Å². The van der Waals surface area contributed by atoms with Crippen LogP contribution in [0.5, 0.6) is 5.75 Å². The summed E-state index contributed by atoms with van der Waals surface area (Å²) in [5, 5.41) is 15.4. The number of hydrogen-bond donors (Lipinski definition) is 1. The van der Waals surface area contributed by atoms with Gasteiger partial charge < -0.3 is 10.1 Å². The van der Waals surface area contributed by atoms with Crippen LogP contribution in [-0.4, -0.2) is 40.4 Å². The average Bonchev–Trinajstić information content (AvgIpc) is 2.86. The van der Waals surface area contributed by atoms with E-state index in [-0.39, 0.29) is 0 Å². The molecule has 0 aliphatic carbocycles. The molecule has 2 rings (SSSR count). The summed E-state index contributed by atoms with van der Waals surface area (Å²) >= 11 is 0. The lowest BCUT2D eigenvalue weighted by Crippen LogP contribution is -2.11. The zero-order chi connectivity index (χ0) is 12.8. The van der Waals surface area contributed by atoms with E-state index in [4.69, 9.17) is 4.74 Å². The van der Waals surface area contributed by atoms with Gasteiger partial charge >= 0.3 is 0 Å². The molecule has 0 amide bonds. The summed E-state index contributed by atoms with van der Waals surface area (Å²) < 4.78 is 5.44. The summed E-state index contributed by atoms with van der Waals surface area (Å²) in [6.45, 7) is 3.43. The number of aromatic nitrogens is 4. The van der Waals surface area contributed by atoms with Crippen LogP contribution in [0.25, 0.3) is 5.69 Å². The molecule has 0 atom stereocenters. The Morgan fingerprint density at radius 2 is 2.28 bits per heavy atom. The Hall–Kier alpha value is -1.95. The maximum absolute atomic E-state index is 5.44. The van der Waals surface area contributed by atoms with Gasteiger partial charge in [0.15, 0.2) is 5.82 Å². The van der Waals surface area contributed by atoms with Gasteiger partial charge in [0.1, 0.15) is 5.75 Å². The fourth-order valence-electron chi connectivity index (χ4n) is 1.55. The molecule has 0 spiro atoms. The lowest BCUT2D eigenvalue weighted by atomic mass is 10.3. The highest BCUT2D eigenvalue weighted by atomic mass is 16.5. The van der Waals surface area contributed by atoms with Gasteiger partial charge in [-0.25, -0.2) is 0 Å². The van der Waals surface area contributed by atoms with Crippen LogP contribution in [-0.2, 0) is 6.42 Å². The van der Waals surface area contributed by atoms with E-state index in [2.05, 4.69) is 20.7 Å². The predicted octanol–water partition coefficient (Wildman–Crippen LogP) is 0.823. The van der Waals surface area contributed by atoms with Crippen molar-refractivity contribution in [3.05, 3.63) is 30.1 Å². The summed E-state index contributed by atoms with van der Waals surface area (Å²) in [7, 11) is 1.90. The van der Waals surface area contributed by atoms with Gasteiger partial charge in [-0.1, -0.05) is 6.07 Å². The molecule has 0 aliphatic heterocycles. The van der Waals surface area contributed by atoms with Crippen molar-refractivity contribution >= 4 is 0 Å². The molecule has 18 heavy (non-hydrogen) atoms. The highest BCUT2D eigenvalue weighted by molar-refractivity contribution is 5.37. The van der Waals surface area contributed by atoms with Gasteiger partial charge in [0, 0.05) is 19.0 Å². The molecule has 0 unspecified atom stereocenters. The first-order valence-electron chi connectivity index (χ1n) is 6.00. The fraction of sp³-hybridized carbons (Fsp3) is 0.417. The number of likely N-dealkylation sites (N-methyl/N-ethyl adjacent to an activating group) is 1. The molecule has 96 valence electrons. The molecule has 0 saturated heterocycles. The molecule has 0 aliphatic rings. The third-order valence-corrected chi connectivity index (χ3v) is 2.41. The monoisotopic (exact) mass is 247 g/mol. The Morgan fingerprint density at radius 1 is 1.39 bits per heavy atom. The van der Waals surface area contributed by atoms with Crippen LogP contribution in [0.1, 0.15) is 12.7 Å². The van der Waals surface area contributed by atoms with E-state index in [9.17, 15) is 0 Å². The van der Waals surface area contributed by atoms with Crippen molar-refractivity contribution in [3.63, 3.8) is 0 Å². The van der Waals surface area contributed by atoms with Crippen LogP contribution >= 0.6 is 0 Å². The average molecular weight is 247 g/mol. The standard InChI is InChI=1S/C12H17N5O/c1-3-18-11-6-4-5-10(9-11)17-15-12(14-16-17)7-8-13-2/h4-6,9,13H,3,7-8H2,1-2H3. The minimum absolute atomic E-state index is 0.641. The number of hydrogen-bond acceptors (Lipinski definition) is 5. The maximum atomic E-state index is 5.44. The van der Waals surface area contributed by atoms with Gasteiger partial charge in [-0.05, 0) is 31.3 Å². The molecule has 6 heteroatoms. The van der Waals surface area contributed by atoms with Crippen molar-refractivity contribution in [1.82, 2.24) is 25.5 Å². The van der Waals surface area contributed by atoms with Crippen LogP contribution in [0.15, 0.2) is 24.3 Å². The molecule has 1 N–H and O–H groups in total. The van der Waals surface area contributed by atoms with Crippen LogP contribution in [0.2, 0.25) is 0 Å². The molecule has 0 fully saturated rings. The molecule has 0 bridgehead atoms. The van der Waals surface area contributed by atoms with E-state index in [1.54, 1.807) is 0 Å². The topological polar surface area (TPSA) is 64.9 Å². The Labute approximate surface area is 106 Å². The SMILES string of the molecule is CCOc1cccc(-n2nnc(CCNC)n2)c1. The van der Waals surface area contributed by atoms with E-state index in [1.807, 2.05) is 38.2 Å². The second kappa shape index (κ2) is 6.11. The molecule has 1 aromatic heterocycles. The summed E-state index contributed by atoms with van der Waals surface area (Å²) in [5.41, 5.74) is 0.851. The highest BCUT2D eigenvalue weighted by Crippen LogP contribution is 2.15. The Kier molecular flexibility index (Phi) is 4.25. The summed E-state index contributed by atoms with van der Waals surface area (Å²) in [6, 6.07) is 7.64. The highest BCUT2D eigenvalue weighted by Gasteiger charge is 2.05. The van der Waals surface area contributed by atoms with Gasteiger partial charge in [0.25, 0.3) is 0 Å². The first-order chi connectivity index (χ1) is 8.83. The quantitative estimate of drug-likeness (QED) is 0.818. The van der Waals surface area contributed by atoms with Crippen LogP contribution in [0, 0.1) is 0 Å². The van der Waals surface area contributed by atoms with Crippen molar-refractivity contribution in [3.8, 4) is 11.4 Å². The summed E-state index contributed by atoms with van der Waals surface area (Å²) in [4.78, 5) is 1.52. The normalized spacial score (nSPS) is 10.6. The second-order valence-corrected chi connectivity index (χ2v) is 3.78. The number of rotatable bonds is 6. The van der Waals surface area contributed by atoms with Gasteiger partial charge in [0.05, 0.1) is 12.3 Å². The zero-order valence-electron chi connectivity index (χ0n) is 10.6. The minimum Gasteiger partial charge on any atom is -0.494 e. The Balaban J connectivity index is 2.15. The van der Waals surface area contributed by atoms with Crippen molar-refractivity contribution in [2.24, 2.45) is 0 Å². The molecule has 0 saturated carbocycles. The van der Waals surface area contributed by atoms with Crippen LogP contribution in [0.3, 0.4) is 0 Å². The summed E-state index contributed by atoms with van der Waals surface area (Å²) in [6.07, 6.45) is 0.766. The van der Waals surface area contributed by atoms with Gasteiger partial charge in [-0.2, -0.15) is 0 Å². The molecular formula is C12H17N5O. The third-order valence-electron chi connectivity index (χ3n) is 2.41. The number of ether oxygens (including phenoxy) is 1. The van der Waals surface area contributed by atoms with E-state index in [0.29, 0.717) is 6.61 Å². The lowest BCUT2D eigenvalue weighted by Gasteiger charge is -2.04. The summed E-state index contributed by atoms with van der Waals surface area (Å²) in [5.74, 6) is 1.54. The van der Waals surface area contributed by atoms with Gasteiger partial charge in [-0.3, -0.25) is 0 Å². The zero-order valence-corrected chi connectivity index (χ0v) is 10.6. The molecule has 1 heterocycles.